The van der Waals surface area contributed by atoms with Crippen molar-refractivity contribution in [2.24, 2.45) is 0 Å². The molecule has 0 bridgehead atoms. The minimum Gasteiger partial charge on any atom is -0.305 e. The molecule has 2 amide bonds. The van der Waals surface area contributed by atoms with E-state index in [4.69, 9.17) is 0 Å². The first-order chi connectivity index (χ1) is 10.3. The number of aromatic nitrogens is 2. The predicted molar refractivity (Wildman–Crippen MR) is 77.4 cm³/mol. The minimum atomic E-state index is -0.323. The van der Waals surface area contributed by atoms with Crippen LogP contribution < -0.4 is 5.32 Å². The van der Waals surface area contributed by atoms with E-state index in [1.54, 1.807) is 6.20 Å². The summed E-state index contributed by atoms with van der Waals surface area (Å²) in [5, 5.41) is 7.36. The van der Waals surface area contributed by atoms with E-state index in [0.29, 0.717) is 6.42 Å². The maximum absolute atomic E-state index is 12.4. The molecule has 21 heavy (non-hydrogen) atoms. The van der Waals surface area contributed by atoms with Crippen LogP contribution in [0.5, 0.6) is 0 Å². The van der Waals surface area contributed by atoms with Gasteiger partial charge in [-0.3, -0.25) is 19.2 Å². The standard InChI is InChI=1S/C15H22N4O2/c20-14-11-13(15(21)19(14)12-5-1-2-6-12)16-7-3-9-18-10-4-8-17-18/h4,8,10,12-13,16H,1-3,5-7,9,11H2. The number of likely N-dealkylation sites (tertiary alicyclic amines) is 1. The van der Waals surface area contributed by atoms with Gasteiger partial charge in [-0.15, -0.1) is 0 Å². The highest BCUT2D eigenvalue weighted by molar-refractivity contribution is 6.05. The van der Waals surface area contributed by atoms with Crippen LogP contribution in [0.2, 0.25) is 0 Å². The highest BCUT2D eigenvalue weighted by atomic mass is 16.2. The molecule has 2 fully saturated rings. The molecule has 1 N–H and O–H groups in total. The fourth-order valence-electron chi connectivity index (χ4n) is 3.31. The molecule has 1 saturated carbocycles. The SMILES string of the molecule is O=C1CC(NCCCn2cccn2)C(=O)N1C1CCCC1. The van der Waals surface area contributed by atoms with E-state index in [1.807, 2.05) is 16.9 Å². The Balaban J connectivity index is 1.45. The third kappa shape index (κ3) is 3.15. The Morgan fingerprint density at radius 1 is 1.29 bits per heavy atom. The minimum absolute atomic E-state index is 0.00326. The summed E-state index contributed by atoms with van der Waals surface area (Å²) < 4.78 is 1.87. The quantitative estimate of drug-likeness (QED) is 0.625. The second kappa shape index (κ2) is 6.39. The zero-order valence-corrected chi connectivity index (χ0v) is 12.2. The summed E-state index contributed by atoms with van der Waals surface area (Å²) >= 11 is 0. The van der Waals surface area contributed by atoms with Crippen molar-refractivity contribution in [3.8, 4) is 0 Å². The number of aryl methyl sites for hydroxylation is 1. The molecule has 114 valence electrons. The number of hydrogen-bond acceptors (Lipinski definition) is 4. The van der Waals surface area contributed by atoms with Gasteiger partial charge in [-0.2, -0.15) is 5.10 Å². The number of hydrogen-bond donors (Lipinski definition) is 1. The first-order valence-corrected chi connectivity index (χ1v) is 7.82. The number of carbonyl (C=O) groups excluding carboxylic acids is 2. The molecule has 1 atom stereocenters. The molecular formula is C15H22N4O2. The number of rotatable bonds is 6. The molecular weight excluding hydrogens is 268 g/mol. The van der Waals surface area contributed by atoms with E-state index < -0.39 is 0 Å². The van der Waals surface area contributed by atoms with E-state index in [-0.39, 0.29) is 23.9 Å². The summed E-state index contributed by atoms with van der Waals surface area (Å²) in [6, 6.07) is 1.73. The predicted octanol–water partition coefficient (Wildman–Crippen LogP) is 0.933. The molecule has 6 heteroatoms. The Bertz CT molecular complexity index is 494. The number of imide groups is 1. The molecule has 1 aromatic rings. The lowest BCUT2D eigenvalue weighted by Gasteiger charge is -2.22. The smallest absolute Gasteiger partial charge is 0.247 e. The largest absolute Gasteiger partial charge is 0.305 e. The topological polar surface area (TPSA) is 67.2 Å². The van der Waals surface area contributed by atoms with Gasteiger partial charge in [0.05, 0.1) is 12.5 Å². The van der Waals surface area contributed by atoms with Crippen molar-refractivity contribution in [2.75, 3.05) is 6.54 Å². The lowest BCUT2D eigenvalue weighted by molar-refractivity contribution is -0.141. The highest BCUT2D eigenvalue weighted by Crippen LogP contribution is 2.28. The number of nitrogens with one attached hydrogen (secondary N) is 1. The van der Waals surface area contributed by atoms with Crippen molar-refractivity contribution in [3.63, 3.8) is 0 Å². The second-order valence-electron chi connectivity index (χ2n) is 5.87. The third-order valence-corrected chi connectivity index (χ3v) is 4.39. The zero-order chi connectivity index (χ0) is 14.7. The molecule has 3 rings (SSSR count). The summed E-state index contributed by atoms with van der Waals surface area (Å²) in [5.41, 5.74) is 0. The average Bonchev–Trinajstić information content (AvgIpc) is 3.18. The van der Waals surface area contributed by atoms with E-state index in [9.17, 15) is 9.59 Å². The first kappa shape index (κ1) is 14.3. The zero-order valence-electron chi connectivity index (χ0n) is 12.2. The Labute approximate surface area is 124 Å². The monoisotopic (exact) mass is 290 g/mol. The van der Waals surface area contributed by atoms with Crippen LogP contribution >= 0.6 is 0 Å². The van der Waals surface area contributed by atoms with Crippen LogP contribution in [0.1, 0.15) is 38.5 Å². The van der Waals surface area contributed by atoms with Crippen LogP contribution in [0.3, 0.4) is 0 Å². The van der Waals surface area contributed by atoms with E-state index in [2.05, 4.69) is 10.4 Å². The number of nitrogens with zero attached hydrogens (tertiary/aromatic N) is 3. The lowest BCUT2D eigenvalue weighted by atomic mass is 10.2. The van der Waals surface area contributed by atoms with Crippen molar-refractivity contribution in [3.05, 3.63) is 18.5 Å². The molecule has 0 radical (unpaired) electrons. The van der Waals surface area contributed by atoms with Crippen molar-refractivity contribution >= 4 is 11.8 Å². The van der Waals surface area contributed by atoms with Crippen molar-refractivity contribution in [2.45, 2.75) is 57.2 Å². The Morgan fingerprint density at radius 2 is 2.10 bits per heavy atom. The van der Waals surface area contributed by atoms with Gasteiger partial charge in [0.15, 0.2) is 0 Å². The highest BCUT2D eigenvalue weighted by Gasteiger charge is 2.42. The second-order valence-corrected chi connectivity index (χ2v) is 5.87. The molecule has 2 aliphatic rings. The first-order valence-electron chi connectivity index (χ1n) is 7.82. The summed E-state index contributed by atoms with van der Waals surface area (Å²) in [6.07, 6.45) is 9.10. The van der Waals surface area contributed by atoms with Crippen molar-refractivity contribution in [1.29, 1.82) is 0 Å². The summed E-state index contributed by atoms with van der Waals surface area (Å²) in [4.78, 5) is 25.9. The Morgan fingerprint density at radius 3 is 2.81 bits per heavy atom. The maximum Gasteiger partial charge on any atom is 0.247 e. The van der Waals surface area contributed by atoms with Gasteiger partial charge < -0.3 is 5.32 Å². The normalized spacial score (nSPS) is 23.4. The fourth-order valence-corrected chi connectivity index (χ4v) is 3.31. The summed E-state index contributed by atoms with van der Waals surface area (Å²) in [6.45, 7) is 1.54. The third-order valence-electron chi connectivity index (χ3n) is 4.39. The van der Waals surface area contributed by atoms with Crippen LogP contribution in [0.25, 0.3) is 0 Å². The maximum atomic E-state index is 12.4. The molecule has 1 aliphatic carbocycles. The van der Waals surface area contributed by atoms with Crippen LogP contribution in [0, 0.1) is 0 Å². The van der Waals surface area contributed by atoms with Crippen LogP contribution in [-0.2, 0) is 16.1 Å². The molecule has 1 aliphatic heterocycles. The molecule has 0 spiro atoms. The molecule has 0 aromatic carbocycles. The number of amides is 2. The van der Waals surface area contributed by atoms with Crippen molar-refractivity contribution < 1.29 is 9.59 Å². The van der Waals surface area contributed by atoms with Gasteiger partial charge in [-0.05, 0) is 31.9 Å². The Kier molecular flexibility index (Phi) is 4.34. The van der Waals surface area contributed by atoms with Gasteiger partial charge in [0.2, 0.25) is 11.8 Å². The van der Waals surface area contributed by atoms with E-state index in [0.717, 1.165) is 45.2 Å². The van der Waals surface area contributed by atoms with Crippen molar-refractivity contribution in [1.82, 2.24) is 20.0 Å². The van der Waals surface area contributed by atoms with Gasteiger partial charge in [0, 0.05) is 25.0 Å². The molecule has 1 aromatic heterocycles. The van der Waals surface area contributed by atoms with Gasteiger partial charge >= 0.3 is 0 Å². The van der Waals surface area contributed by atoms with E-state index >= 15 is 0 Å². The lowest BCUT2D eigenvalue weighted by Crippen LogP contribution is -2.43. The average molecular weight is 290 g/mol. The van der Waals surface area contributed by atoms with Gasteiger partial charge in [-0.1, -0.05) is 12.8 Å². The van der Waals surface area contributed by atoms with Crippen LogP contribution in [0.4, 0.5) is 0 Å². The summed E-state index contributed by atoms with van der Waals surface area (Å²) in [7, 11) is 0. The molecule has 6 nitrogen and oxygen atoms in total. The van der Waals surface area contributed by atoms with Gasteiger partial charge in [0.1, 0.15) is 0 Å². The van der Waals surface area contributed by atoms with Crippen LogP contribution in [0.15, 0.2) is 18.5 Å². The Hall–Kier alpha value is -1.69. The number of carbonyl (C=O) groups is 2. The molecule has 1 unspecified atom stereocenters. The van der Waals surface area contributed by atoms with Gasteiger partial charge in [-0.25, -0.2) is 0 Å². The van der Waals surface area contributed by atoms with Gasteiger partial charge in [0.25, 0.3) is 0 Å². The molecule has 2 heterocycles. The van der Waals surface area contributed by atoms with Crippen LogP contribution in [-0.4, -0.2) is 45.1 Å². The molecule has 1 saturated heterocycles. The van der Waals surface area contributed by atoms with E-state index in [1.165, 1.54) is 4.90 Å². The summed E-state index contributed by atoms with van der Waals surface area (Å²) in [5.74, 6) is -0.0255. The fraction of sp³-hybridized carbons (Fsp3) is 0.667.